The Morgan fingerprint density at radius 2 is 1.28 bits per heavy atom. The zero-order chi connectivity index (χ0) is 30.6. The van der Waals surface area contributed by atoms with Gasteiger partial charge in [0, 0.05) is 30.9 Å². The van der Waals surface area contributed by atoms with Crippen molar-refractivity contribution in [1.29, 1.82) is 0 Å². The Hall–Kier alpha value is -5.34. The number of hydrogen-bond donors (Lipinski definition) is 1. The van der Waals surface area contributed by atoms with Gasteiger partial charge in [0.15, 0.2) is 5.69 Å². The highest BCUT2D eigenvalue weighted by Gasteiger charge is 2.33. The molecule has 1 saturated heterocycles. The summed E-state index contributed by atoms with van der Waals surface area (Å²) in [5.41, 5.74) is -0.617. The molecule has 4 aromatic rings. The maximum atomic E-state index is 13.8. The normalized spacial score (nSPS) is 13.3. The number of hydrogen-bond acceptors (Lipinski definition) is 9. The Morgan fingerprint density at radius 1 is 0.791 bits per heavy atom. The minimum absolute atomic E-state index is 0.0562. The van der Waals surface area contributed by atoms with Gasteiger partial charge in [-0.05, 0) is 48.5 Å². The van der Waals surface area contributed by atoms with Crippen LogP contribution in [0.1, 0.15) is 10.4 Å². The summed E-state index contributed by atoms with van der Waals surface area (Å²) in [5, 5.41) is 26.3. The number of rotatable bonds is 9. The van der Waals surface area contributed by atoms with Crippen molar-refractivity contribution in [3.05, 3.63) is 123 Å². The van der Waals surface area contributed by atoms with Gasteiger partial charge in [0.2, 0.25) is 0 Å². The molecule has 0 bridgehead atoms. The average Bonchev–Trinajstić information content (AvgIpc) is 3.02. The number of benzene rings is 4. The van der Waals surface area contributed by atoms with Gasteiger partial charge >= 0.3 is 0 Å². The standard InChI is InChI=1S/C29H25N5O8S/c35-29(21-19-26(33(36)37)28(27(20-21)34(38)39)31-15-17-42-18-16-31)30-22-11-13-25(14-12-22)43(40,41)32(23-7-3-1-4-8-23)24-9-5-2-6-10-24/h1-14,19-20H,15-18H2,(H,30,35). The van der Waals surface area contributed by atoms with Crippen LogP contribution in [-0.2, 0) is 14.8 Å². The van der Waals surface area contributed by atoms with Crippen LogP contribution in [0.3, 0.4) is 0 Å². The molecule has 0 spiro atoms. The second kappa shape index (κ2) is 12.3. The van der Waals surface area contributed by atoms with Crippen molar-refractivity contribution in [1.82, 2.24) is 0 Å². The minimum atomic E-state index is -4.09. The predicted octanol–water partition coefficient (Wildman–Crippen LogP) is 5.12. The molecule has 0 saturated carbocycles. The molecule has 0 radical (unpaired) electrons. The molecule has 14 heteroatoms. The van der Waals surface area contributed by atoms with Crippen LogP contribution in [0.25, 0.3) is 0 Å². The van der Waals surface area contributed by atoms with E-state index >= 15 is 0 Å². The molecule has 4 aromatic carbocycles. The number of amides is 1. The van der Waals surface area contributed by atoms with Gasteiger partial charge in [0.05, 0.1) is 44.9 Å². The van der Waals surface area contributed by atoms with E-state index in [1.165, 1.54) is 33.5 Å². The fourth-order valence-corrected chi connectivity index (χ4v) is 6.19. The monoisotopic (exact) mass is 603 g/mol. The van der Waals surface area contributed by atoms with E-state index in [1.807, 2.05) is 0 Å². The summed E-state index contributed by atoms with van der Waals surface area (Å²) in [5.74, 6) is -0.842. The smallest absolute Gasteiger partial charge is 0.300 e. The number of anilines is 4. The first-order valence-electron chi connectivity index (χ1n) is 13.0. The lowest BCUT2D eigenvalue weighted by Crippen LogP contribution is -2.37. The molecule has 1 amide bonds. The molecular formula is C29H25N5O8S. The van der Waals surface area contributed by atoms with E-state index in [-0.39, 0.29) is 48.1 Å². The highest BCUT2D eigenvalue weighted by molar-refractivity contribution is 7.93. The third kappa shape index (κ3) is 6.14. The molecule has 13 nitrogen and oxygen atoms in total. The van der Waals surface area contributed by atoms with Gasteiger partial charge in [-0.15, -0.1) is 0 Å². The van der Waals surface area contributed by atoms with Crippen LogP contribution >= 0.6 is 0 Å². The van der Waals surface area contributed by atoms with Crippen molar-refractivity contribution in [2.75, 3.05) is 40.8 Å². The van der Waals surface area contributed by atoms with Crippen molar-refractivity contribution in [3.8, 4) is 0 Å². The summed E-state index contributed by atoms with van der Waals surface area (Å²) in [6.07, 6.45) is 0. The van der Waals surface area contributed by atoms with E-state index in [9.17, 15) is 33.4 Å². The molecule has 1 aliphatic heterocycles. The number of nitrogens with zero attached hydrogens (tertiary/aromatic N) is 4. The first-order chi connectivity index (χ1) is 20.7. The van der Waals surface area contributed by atoms with E-state index in [2.05, 4.69) is 5.32 Å². The molecular weight excluding hydrogens is 578 g/mol. The zero-order valence-electron chi connectivity index (χ0n) is 22.5. The molecule has 43 heavy (non-hydrogen) atoms. The van der Waals surface area contributed by atoms with E-state index < -0.39 is 37.2 Å². The number of nitro benzene ring substituents is 2. The van der Waals surface area contributed by atoms with Crippen LogP contribution < -0.4 is 14.5 Å². The Morgan fingerprint density at radius 3 is 1.74 bits per heavy atom. The van der Waals surface area contributed by atoms with Gasteiger partial charge in [0.25, 0.3) is 27.3 Å². The number of morpholine rings is 1. The van der Waals surface area contributed by atoms with E-state index in [0.29, 0.717) is 11.4 Å². The van der Waals surface area contributed by atoms with Crippen molar-refractivity contribution in [3.63, 3.8) is 0 Å². The molecule has 1 fully saturated rings. The van der Waals surface area contributed by atoms with Crippen molar-refractivity contribution >= 4 is 50.1 Å². The Kier molecular flexibility index (Phi) is 8.32. The molecule has 0 atom stereocenters. The first-order valence-corrected chi connectivity index (χ1v) is 14.5. The van der Waals surface area contributed by atoms with Gasteiger partial charge in [-0.2, -0.15) is 0 Å². The first kappa shape index (κ1) is 29.2. The molecule has 1 aliphatic rings. The lowest BCUT2D eigenvalue weighted by atomic mass is 10.1. The second-order valence-electron chi connectivity index (χ2n) is 9.40. The summed E-state index contributed by atoms with van der Waals surface area (Å²) in [6, 6.07) is 24.5. The lowest BCUT2D eigenvalue weighted by molar-refractivity contribution is -0.392. The van der Waals surface area contributed by atoms with E-state index in [0.717, 1.165) is 12.1 Å². The zero-order valence-corrected chi connectivity index (χ0v) is 23.3. The number of sulfonamides is 1. The van der Waals surface area contributed by atoms with E-state index in [4.69, 9.17) is 4.74 Å². The van der Waals surface area contributed by atoms with Crippen LogP contribution in [-0.4, -0.2) is 50.5 Å². The molecule has 220 valence electrons. The van der Waals surface area contributed by atoms with Gasteiger partial charge in [-0.1, -0.05) is 36.4 Å². The van der Waals surface area contributed by atoms with Crippen LogP contribution in [0.5, 0.6) is 0 Å². The largest absolute Gasteiger partial charge is 0.378 e. The maximum Gasteiger partial charge on any atom is 0.300 e. The molecule has 0 aromatic heterocycles. The Bertz CT molecular complexity index is 1690. The van der Waals surface area contributed by atoms with Gasteiger partial charge in [0.1, 0.15) is 0 Å². The van der Waals surface area contributed by atoms with Crippen LogP contribution in [0.15, 0.2) is 102 Å². The summed E-state index contributed by atoms with van der Waals surface area (Å²) < 4.78 is 34.0. The summed E-state index contributed by atoms with van der Waals surface area (Å²) in [6.45, 7) is 0.927. The van der Waals surface area contributed by atoms with Crippen LogP contribution in [0.4, 0.5) is 34.1 Å². The highest BCUT2D eigenvalue weighted by atomic mass is 32.2. The number of nitrogens with one attached hydrogen (secondary N) is 1. The molecule has 5 rings (SSSR count). The number of nitro groups is 2. The SMILES string of the molecule is O=C(Nc1ccc(S(=O)(=O)N(c2ccccc2)c2ccccc2)cc1)c1cc([N+](=O)[O-])c(N2CCOCC2)c([N+](=O)[O-])c1. The fourth-order valence-electron chi connectivity index (χ4n) is 4.70. The van der Waals surface area contributed by atoms with Crippen molar-refractivity contribution in [2.45, 2.75) is 4.90 Å². The molecule has 1 heterocycles. The third-order valence-electron chi connectivity index (χ3n) is 6.68. The molecule has 0 unspecified atom stereocenters. The second-order valence-corrected chi connectivity index (χ2v) is 11.2. The Labute approximate surface area is 246 Å². The van der Waals surface area contributed by atoms with Crippen molar-refractivity contribution in [2.24, 2.45) is 0 Å². The average molecular weight is 604 g/mol. The van der Waals surface area contributed by atoms with Crippen LogP contribution in [0, 0.1) is 20.2 Å². The van der Waals surface area contributed by atoms with Gasteiger partial charge < -0.3 is 15.0 Å². The van der Waals surface area contributed by atoms with Crippen LogP contribution in [0.2, 0.25) is 0 Å². The lowest BCUT2D eigenvalue weighted by Gasteiger charge is -2.28. The summed E-state index contributed by atoms with van der Waals surface area (Å²) in [7, 11) is -4.09. The van der Waals surface area contributed by atoms with Gasteiger partial charge in [-0.25, -0.2) is 12.7 Å². The minimum Gasteiger partial charge on any atom is -0.378 e. The number of ether oxygens (including phenoxy) is 1. The van der Waals surface area contributed by atoms with Gasteiger partial charge in [-0.3, -0.25) is 25.0 Å². The summed E-state index contributed by atoms with van der Waals surface area (Å²) in [4.78, 5) is 36.8. The van der Waals surface area contributed by atoms with E-state index in [1.54, 1.807) is 60.7 Å². The fraction of sp³-hybridized carbons (Fsp3) is 0.138. The predicted molar refractivity (Wildman–Crippen MR) is 159 cm³/mol. The number of para-hydroxylation sites is 2. The summed E-state index contributed by atoms with van der Waals surface area (Å²) >= 11 is 0. The Balaban J connectivity index is 1.43. The topological polar surface area (TPSA) is 165 Å². The number of carbonyl (C=O) groups is 1. The highest BCUT2D eigenvalue weighted by Crippen LogP contribution is 2.39. The third-order valence-corrected chi connectivity index (χ3v) is 8.45. The molecule has 0 aliphatic carbocycles. The molecule has 1 N–H and O–H groups in total. The number of carbonyl (C=O) groups excluding carboxylic acids is 1. The quantitative estimate of drug-likeness (QED) is 0.202. The van der Waals surface area contributed by atoms with Crippen molar-refractivity contribution < 1.29 is 27.8 Å². The maximum absolute atomic E-state index is 13.8.